The predicted octanol–water partition coefficient (Wildman–Crippen LogP) is 3.77. The summed E-state index contributed by atoms with van der Waals surface area (Å²) in [6.45, 7) is 5.10. The van der Waals surface area contributed by atoms with Gasteiger partial charge in [-0.2, -0.15) is 0 Å². The Morgan fingerprint density at radius 3 is 2.49 bits per heavy atom. The summed E-state index contributed by atoms with van der Waals surface area (Å²) >= 11 is 0. The third-order valence-electron chi connectivity index (χ3n) is 7.11. The minimum atomic E-state index is -1.19. The fourth-order valence-electron chi connectivity index (χ4n) is 5.19. The fraction of sp³-hybridized carbons (Fsp3) is 0.393. The van der Waals surface area contributed by atoms with Crippen LogP contribution in [0, 0.1) is 0 Å². The van der Waals surface area contributed by atoms with Crippen LogP contribution in [0.2, 0.25) is 0 Å². The standard InChI is InChI=1S/C28H33N3O4/c1-28(2)27(34)26(33)23-21(35-28)15-19(29-11-8-12-30(3)4)22-24(23)31(5)20-14-17-10-7-6-9-16(17)13-18(20)25(22)32/h6-7,9-10,13-15,26-27,29,33-34H,8,11-12H2,1-5H3/t26-,27-/m0/s1. The Balaban J connectivity index is 1.83. The molecule has 0 radical (unpaired) electrons. The van der Waals surface area contributed by atoms with E-state index in [9.17, 15) is 15.0 Å². The molecule has 184 valence electrons. The van der Waals surface area contributed by atoms with Crippen LogP contribution < -0.4 is 15.5 Å². The van der Waals surface area contributed by atoms with Crippen molar-refractivity contribution < 1.29 is 14.9 Å². The van der Waals surface area contributed by atoms with Gasteiger partial charge in [0.2, 0.25) is 0 Å². The minimum Gasteiger partial charge on any atom is -0.484 e. The molecule has 0 spiro atoms. The molecule has 3 N–H and O–H groups in total. The molecule has 2 heterocycles. The molecule has 35 heavy (non-hydrogen) atoms. The maximum atomic E-state index is 14.0. The second-order valence-electron chi connectivity index (χ2n) is 10.3. The van der Waals surface area contributed by atoms with Crippen LogP contribution in [0.5, 0.6) is 5.75 Å². The van der Waals surface area contributed by atoms with Crippen LogP contribution in [-0.2, 0) is 7.05 Å². The van der Waals surface area contributed by atoms with Crippen LogP contribution in [-0.4, -0.2) is 58.6 Å². The largest absolute Gasteiger partial charge is 0.484 e. The number of benzene rings is 3. The predicted molar refractivity (Wildman–Crippen MR) is 142 cm³/mol. The molecule has 5 rings (SSSR count). The lowest BCUT2D eigenvalue weighted by Gasteiger charge is -2.41. The van der Waals surface area contributed by atoms with Crippen molar-refractivity contribution in [2.24, 2.45) is 7.05 Å². The monoisotopic (exact) mass is 475 g/mol. The minimum absolute atomic E-state index is 0.108. The van der Waals surface area contributed by atoms with Crippen molar-refractivity contribution in [3.8, 4) is 5.75 Å². The van der Waals surface area contributed by atoms with Crippen molar-refractivity contribution in [2.75, 3.05) is 32.5 Å². The molecule has 0 amide bonds. The third-order valence-corrected chi connectivity index (χ3v) is 7.11. The number of aliphatic hydroxyl groups is 2. The van der Waals surface area contributed by atoms with E-state index >= 15 is 0 Å². The summed E-state index contributed by atoms with van der Waals surface area (Å²) < 4.78 is 8.14. The van der Waals surface area contributed by atoms with Crippen LogP contribution in [0.3, 0.4) is 0 Å². The zero-order chi connectivity index (χ0) is 25.1. The summed E-state index contributed by atoms with van der Waals surface area (Å²) in [5.41, 5.74) is 1.37. The summed E-state index contributed by atoms with van der Waals surface area (Å²) in [7, 11) is 5.96. The molecule has 1 aliphatic heterocycles. The van der Waals surface area contributed by atoms with Crippen molar-refractivity contribution in [2.45, 2.75) is 38.1 Å². The number of hydrogen-bond donors (Lipinski definition) is 3. The van der Waals surface area contributed by atoms with E-state index in [1.54, 1.807) is 19.9 Å². The molecular weight excluding hydrogens is 442 g/mol. The van der Waals surface area contributed by atoms with E-state index in [1.807, 2.05) is 62.1 Å². The maximum Gasteiger partial charge on any atom is 0.199 e. The van der Waals surface area contributed by atoms with Crippen LogP contribution in [0.4, 0.5) is 5.69 Å². The number of rotatable bonds is 5. The first-order chi connectivity index (χ1) is 16.6. The van der Waals surface area contributed by atoms with Gasteiger partial charge in [0.25, 0.3) is 0 Å². The molecule has 0 bridgehead atoms. The molecule has 3 aromatic carbocycles. The molecule has 0 saturated carbocycles. The van der Waals surface area contributed by atoms with Gasteiger partial charge in [0.1, 0.15) is 23.6 Å². The first-order valence-corrected chi connectivity index (χ1v) is 12.1. The van der Waals surface area contributed by atoms with E-state index in [0.717, 1.165) is 29.3 Å². The van der Waals surface area contributed by atoms with Crippen LogP contribution in [0.1, 0.15) is 31.9 Å². The molecular formula is C28H33N3O4. The lowest BCUT2D eigenvalue weighted by atomic mass is 9.86. The average molecular weight is 476 g/mol. The molecule has 7 nitrogen and oxygen atoms in total. The highest BCUT2D eigenvalue weighted by Crippen LogP contribution is 2.46. The number of aromatic nitrogens is 1. The van der Waals surface area contributed by atoms with E-state index in [4.69, 9.17) is 4.74 Å². The van der Waals surface area contributed by atoms with Crippen LogP contribution in [0.15, 0.2) is 47.3 Å². The Morgan fingerprint density at radius 2 is 1.80 bits per heavy atom. The van der Waals surface area contributed by atoms with Gasteiger partial charge in [0.15, 0.2) is 5.43 Å². The van der Waals surface area contributed by atoms with Gasteiger partial charge in [-0.05, 0) is 63.8 Å². The van der Waals surface area contributed by atoms with Crippen LogP contribution >= 0.6 is 0 Å². The number of pyridine rings is 1. The highest BCUT2D eigenvalue weighted by molar-refractivity contribution is 6.06. The Kier molecular flexibility index (Phi) is 5.74. The zero-order valence-electron chi connectivity index (χ0n) is 20.9. The lowest BCUT2D eigenvalue weighted by Crippen LogP contribution is -2.49. The number of hydrogen-bond acceptors (Lipinski definition) is 6. The van der Waals surface area contributed by atoms with E-state index in [-0.39, 0.29) is 5.43 Å². The molecule has 1 aliphatic rings. The number of aliphatic hydroxyl groups excluding tert-OH is 2. The Hall–Kier alpha value is -3.13. The second kappa shape index (κ2) is 8.52. The van der Waals surface area contributed by atoms with E-state index in [1.165, 1.54) is 0 Å². The molecule has 1 aromatic heterocycles. The van der Waals surface area contributed by atoms with Crippen molar-refractivity contribution in [1.29, 1.82) is 0 Å². The van der Waals surface area contributed by atoms with Gasteiger partial charge in [-0.15, -0.1) is 0 Å². The summed E-state index contributed by atoms with van der Waals surface area (Å²) in [5.74, 6) is 0.477. The first-order valence-electron chi connectivity index (χ1n) is 12.1. The van der Waals surface area contributed by atoms with Crippen molar-refractivity contribution in [3.05, 3.63) is 58.3 Å². The summed E-state index contributed by atoms with van der Waals surface area (Å²) in [6, 6.07) is 13.7. The van der Waals surface area contributed by atoms with Crippen LogP contribution in [0.25, 0.3) is 32.6 Å². The van der Waals surface area contributed by atoms with E-state index < -0.39 is 17.8 Å². The molecule has 0 aliphatic carbocycles. The lowest BCUT2D eigenvalue weighted by molar-refractivity contribution is -0.111. The Labute approximate surface area is 204 Å². The third kappa shape index (κ3) is 3.84. The van der Waals surface area contributed by atoms with E-state index in [2.05, 4.69) is 10.2 Å². The Morgan fingerprint density at radius 1 is 1.11 bits per heavy atom. The summed E-state index contributed by atoms with van der Waals surface area (Å²) in [6.07, 6.45) is -1.43. The number of aryl methyl sites for hydroxylation is 1. The average Bonchev–Trinajstić information content (AvgIpc) is 2.81. The molecule has 4 aromatic rings. The smallest absolute Gasteiger partial charge is 0.199 e. The number of anilines is 1. The van der Waals surface area contributed by atoms with Gasteiger partial charge in [0.05, 0.1) is 22.1 Å². The van der Waals surface area contributed by atoms with Gasteiger partial charge in [-0.1, -0.05) is 24.3 Å². The van der Waals surface area contributed by atoms with E-state index in [0.29, 0.717) is 39.8 Å². The van der Waals surface area contributed by atoms with Crippen molar-refractivity contribution >= 4 is 38.3 Å². The number of nitrogens with one attached hydrogen (secondary N) is 1. The molecule has 7 heteroatoms. The fourth-order valence-corrected chi connectivity index (χ4v) is 5.19. The number of nitrogens with zero attached hydrogens (tertiary/aromatic N) is 2. The van der Waals surface area contributed by atoms with Gasteiger partial charge in [0, 0.05) is 30.6 Å². The number of fused-ring (bicyclic) bond motifs is 5. The maximum absolute atomic E-state index is 14.0. The van der Waals surface area contributed by atoms with Gasteiger partial charge >= 0.3 is 0 Å². The highest BCUT2D eigenvalue weighted by atomic mass is 16.5. The van der Waals surface area contributed by atoms with Crippen molar-refractivity contribution in [3.63, 3.8) is 0 Å². The molecule has 0 unspecified atom stereocenters. The normalized spacial score (nSPS) is 19.3. The SMILES string of the molecule is CN(C)CCCNc1cc2c(c3c1c(=O)c1cc4ccccc4cc1n3C)[C@H](O)[C@H](O)C(C)(C)O2. The quantitative estimate of drug-likeness (QED) is 0.301. The second-order valence-corrected chi connectivity index (χ2v) is 10.3. The highest BCUT2D eigenvalue weighted by Gasteiger charge is 2.44. The van der Waals surface area contributed by atoms with Crippen molar-refractivity contribution in [1.82, 2.24) is 9.47 Å². The molecule has 0 saturated heterocycles. The summed E-state index contributed by atoms with van der Waals surface area (Å²) in [5, 5.41) is 28.6. The summed E-state index contributed by atoms with van der Waals surface area (Å²) in [4.78, 5) is 16.1. The topological polar surface area (TPSA) is 87.0 Å². The van der Waals surface area contributed by atoms with Gasteiger partial charge < -0.3 is 29.7 Å². The molecule has 2 atom stereocenters. The first kappa shape index (κ1) is 23.6. The van der Waals surface area contributed by atoms with Gasteiger partial charge in [-0.25, -0.2) is 0 Å². The Bertz CT molecular complexity index is 1510. The molecule has 0 fully saturated rings. The zero-order valence-corrected chi connectivity index (χ0v) is 20.9. The number of ether oxygens (including phenoxy) is 1. The van der Waals surface area contributed by atoms with Gasteiger partial charge in [-0.3, -0.25) is 4.79 Å².